The normalized spacial score (nSPS) is 24.9. The van der Waals surface area contributed by atoms with Gasteiger partial charge in [-0.25, -0.2) is 8.42 Å². The van der Waals surface area contributed by atoms with Gasteiger partial charge >= 0.3 is 6.18 Å². The van der Waals surface area contributed by atoms with E-state index in [2.05, 4.69) is 15.9 Å². The molecule has 0 radical (unpaired) electrons. The first kappa shape index (κ1) is 21.6. The first-order valence-electron chi connectivity index (χ1n) is 9.23. The number of likely N-dealkylation sites (tertiary alicyclic amines) is 1. The summed E-state index contributed by atoms with van der Waals surface area (Å²) in [6.07, 6.45) is -2.48. The van der Waals surface area contributed by atoms with Crippen LogP contribution in [0.25, 0.3) is 0 Å². The van der Waals surface area contributed by atoms with Crippen LogP contribution in [0.3, 0.4) is 0 Å². The van der Waals surface area contributed by atoms with Gasteiger partial charge in [0.05, 0.1) is 10.8 Å². The molecule has 0 saturated carbocycles. The van der Waals surface area contributed by atoms with E-state index >= 15 is 0 Å². The van der Waals surface area contributed by atoms with E-state index in [1.54, 1.807) is 12.1 Å². The Hall–Kier alpha value is -1.13. The van der Waals surface area contributed by atoms with Gasteiger partial charge in [0.2, 0.25) is 15.9 Å². The lowest BCUT2D eigenvalue weighted by Gasteiger charge is -2.40. The molecular weight excluding hydrogens is 461 g/mol. The Morgan fingerprint density at radius 3 is 2.36 bits per heavy atom. The van der Waals surface area contributed by atoms with Gasteiger partial charge in [-0.3, -0.25) is 4.79 Å². The van der Waals surface area contributed by atoms with Crippen molar-refractivity contribution in [2.24, 2.45) is 5.92 Å². The Bertz CT molecular complexity index is 814. The molecule has 5 nitrogen and oxygen atoms in total. The summed E-state index contributed by atoms with van der Waals surface area (Å²) in [5.74, 6) is -2.07. The second-order valence-electron chi connectivity index (χ2n) is 7.25. The van der Waals surface area contributed by atoms with Gasteiger partial charge in [0.25, 0.3) is 0 Å². The number of hydrogen-bond donors (Lipinski definition) is 0. The van der Waals surface area contributed by atoms with Crippen LogP contribution in [0.15, 0.2) is 33.6 Å². The van der Waals surface area contributed by atoms with E-state index in [-0.39, 0.29) is 30.8 Å². The minimum absolute atomic E-state index is 0.00114. The maximum atomic E-state index is 13.1. The molecule has 0 bridgehead atoms. The predicted molar refractivity (Wildman–Crippen MR) is 101 cm³/mol. The summed E-state index contributed by atoms with van der Waals surface area (Å²) in [5.41, 5.74) is 0. The van der Waals surface area contributed by atoms with E-state index in [0.29, 0.717) is 19.3 Å². The zero-order chi connectivity index (χ0) is 20.5. The van der Waals surface area contributed by atoms with Crippen LogP contribution in [0.1, 0.15) is 32.1 Å². The lowest BCUT2D eigenvalue weighted by Crippen LogP contribution is -2.55. The SMILES string of the molecule is O=C([C@H]1CCCCN1S(=O)(=O)c1ccc(Br)cc1)N1CCC[C@H](C(F)(F)F)C1. The summed E-state index contributed by atoms with van der Waals surface area (Å²) < 4.78 is 67.3. The van der Waals surface area contributed by atoms with Crippen LogP contribution in [-0.2, 0) is 14.8 Å². The molecule has 2 fully saturated rings. The third kappa shape index (κ3) is 4.54. The highest BCUT2D eigenvalue weighted by Crippen LogP contribution is 2.34. The van der Waals surface area contributed by atoms with Gasteiger partial charge in [0, 0.05) is 24.1 Å². The minimum atomic E-state index is -4.35. The number of nitrogens with zero attached hydrogens (tertiary/aromatic N) is 2. The van der Waals surface area contributed by atoms with E-state index in [1.807, 2.05) is 0 Å². The Balaban J connectivity index is 1.83. The first-order chi connectivity index (χ1) is 13.1. The maximum absolute atomic E-state index is 13.1. The van der Waals surface area contributed by atoms with Crippen LogP contribution in [0, 0.1) is 5.92 Å². The number of rotatable bonds is 3. The summed E-state index contributed by atoms with van der Waals surface area (Å²) in [5, 5.41) is 0. The van der Waals surface area contributed by atoms with E-state index in [4.69, 9.17) is 0 Å². The van der Waals surface area contributed by atoms with Gasteiger partial charge in [-0.2, -0.15) is 17.5 Å². The Morgan fingerprint density at radius 1 is 1.04 bits per heavy atom. The summed E-state index contributed by atoms with van der Waals surface area (Å²) in [6.45, 7) is 0.0183. The molecule has 0 spiro atoms. The Kier molecular flexibility index (Phi) is 6.41. The van der Waals surface area contributed by atoms with Crippen LogP contribution < -0.4 is 0 Å². The van der Waals surface area contributed by atoms with Gasteiger partial charge < -0.3 is 4.90 Å². The summed E-state index contributed by atoms with van der Waals surface area (Å²) in [4.78, 5) is 14.3. The van der Waals surface area contributed by atoms with Gasteiger partial charge in [-0.15, -0.1) is 0 Å². The number of piperidine rings is 2. The molecular formula is C18H22BrF3N2O3S. The second kappa shape index (κ2) is 8.31. The van der Waals surface area contributed by atoms with Gasteiger partial charge in [-0.1, -0.05) is 22.4 Å². The molecule has 0 N–H and O–H groups in total. The van der Waals surface area contributed by atoms with Crippen molar-refractivity contribution in [1.82, 2.24) is 9.21 Å². The zero-order valence-electron chi connectivity index (χ0n) is 15.2. The van der Waals surface area contributed by atoms with Crippen LogP contribution in [0.2, 0.25) is 0 Å². The molecule has 28 heavy (non-hydrogen) atoms. The number of halogens is 4. The van der Waals surface area contributed by atoms with Gasteiger partial charge in [-0.05, 0) is 49.9 Å². The maximum Gasteiger partial charge on any atom is 0.393 e. The zero-order valence-corrected chi connectivity index (χ0v) is 17.6. The van der Waals surface area contributed by atoms with E-state index in [1.165, 1.54) is 21.3 Å². The van der Waals surface area contributed by atoms with E-state index in [0.717, 1.165) is 4.47 Å². The second-order valence-corrected chi connectivity index (χ2v) is 10.1. The van der Waals surface area contributed by atoms with Crippen molar-refractivity contribution in [3.63, 3.8) is 0 Å². The number of benzene rings is 1. The molecule has 0 aromatic heterocycles. The number of sulfonamides is 1. The van der Waals surface area contributed by atoms with E-state index in [9.17, 15) is 26.4 Å². The number of hydrogen-bond acceptors (Lipinski definition) is 3. The average molecular weight is 483 g/mol. The van der Waals surface area contributed by atoms with Crippen molar-refractivity contribution in [2.75, 3.05) is 19.6 Å². The molecule has 2 heterocycles. The van der Waals surface area contributed by atoms with Crippen molar-refractivity contribution in [2.45, 2.75) is 49.2 Å². The number of alkyl halides is 3. The molecule has 2 aliphatic rings. The summed E-state index contributed by atoms with van der Waals surface area (Å²) in [7, 11) is -3.91. The average Bonchev–Trinajstić information content (AvgIpc) is 2.67. The third-order valence-electron chi connectivity index (χ3n) is 5.35. The lowest BCUT2D eigenvalue weighted by atomic mass is 9.95. The van der Waals surface area contributed by atoms with Crippen LogP contribution in [0.4, 0.5) is 13.2 Å². The highest BCUT2D eigenvalue weighted by Gasteiger charge is 2.45. The van der Waals surface area contributed by atoms with Gasteiger partial charge in [0.1, 0.15) is 6.04 Å². The molecule has 1 aromatic carbocycles. The summed E-state index contributed by atoms with van der Waals surface area (Å²) in [6, 6.07) is 5.17. The largest absolute Gasteiger partial charge is 0.393 e. The van der Waals surface area contributed by atoms with Crippen LogP contribution >= 0.6 is 15.9 Å². The molecule has 3 rings (SSSR count). The van der Waals surface area contributed by atoms with Crippen molar-refractivity contribution in [3.8, 4) is 0 Å². The van der Waals surface area contributed by atoms with Crippen molar-refractivity contribution in [1.29, 1.82) is 0 Å². The number of amides is 1. The molecule has 0 aliphatic carbocycles. The fraction of sp³-hybridized carbons (Fsp3) is 0.611. The van der Waals surface area contributed by atoms with Gasteiger partial charge in [0.15, 0.2) is 0 Å². The molecule has 1 aromatic rings. The number of carbonyl (C=O) groups excluding carboxylic acids is 1. The fourth-order valence-electron chi connectivity index (χ4n) is 3.84. The summed E-state index contributed by atoms with van der Waals surface area (Å²) >= 11 is 3.26. The molecule has 10 heteroatoms. The molecule has 2 aliphatic heterocycles. The van der Waals surface area contributed by atoms with Crippen molar-refractivity contribution >= 4 is 31.9 Å². The topological polar surface area (TPSA) is 57.7 Å². The molecule has 2 saturated heterocycles. The van der Waals surface area contributed by atoms with Crippen LogP contribution in [0.5, 0.6) is 0 Å². The molecule has 156 valence electrons. The molecule has 2 atom stereocenters. The Morgan fingerprint density at radius 2 is 1.71 bits per heavy atom. The highest BCUT2D eigenvalue weighted by atomic mass is 79.9. The Labute approximate surface area is 171 Å². The lowest BCUT2D eigenvalue weighted by molar-refractivity contribution is -0.188. The van der Waals surface area contributed by atoms with E-state index < -0.39 is 40.6 Å². The van der Waals surface area contributed by atoms with Crippen molar-refractivity contribution < 1.29 is 26.4 Å². The fourth-order valence-corrected chi connectivity index (χ4v) is 5.75. The minimum Gasteiger partial charge on any atom is -0.341 e. The number of carbonyl (C=O) groups is 1. The monoisotopic (exact) mass is 482 g/mol. The smallest absolute Gasteiger partial charge is 0.341 e. The highest BCUT2D eigenvalue weighted by molar-refractivity contribution is 9.10. The molecule has 1 amide bonds. The van der Waals surface area contributed by atoms with Crippen LogP contribution in [-0.4, -0.2) is 55.4 Å². The first-order valence-corrected chi connectivity index (χ1v) is 11.5. The molecule has 0 unspecified atom stereocenters. The van der Waals surface area contributed by atoms with Crippen molar-refractivity contribution in [3.05, 3.63) is 28.7 Å². The quantitative estimate of drug-likeness (QED) is 0.658. The predicted octanol–water partition coefficient (Wildman–Crippen LogP) is 3.79. The third-order valence-corrected chi connectivity index (χ3v) is 7.81. The standard InChI is InChI=1S/C18H22BrF3N2O3S/c19-14-6-8-15(9-7-14)28(26,27)24-11-2-1-5-16(24)17(25)23-10-3-4-13(12-23)18(20,21)22/h6-9,13,16H,1-5,10-12H2/t13-,16+/m0/s1.